The predicted molar refractivity (Wildman–Crippen MR) is 82.9 cm³/mol. The topological polar surface area (TPSA) is 88.0 Å². The first kappa shape index (κ1) is 18.3. The Morgan fingerprint density at radius 1 is 1.32 bits per heavy atom. The fraction of sp³-hybridized carbons (Fsp3) is 0.562. The van der Waals surface area contributed by atoms with Crippen molar-refractivity contribution in [2.45, 2.75) is 45.5 Å². The summed E-state index contributed by atoms with van der Waals surface area (Å²) in [5, 5.41) is 22.6. The molecule has 0 aliphatic heterocycles. The molecular weight excluding hydrogens is 286 g/mol. The Labute approximate surface area is 131 Å². The number of aryl methyl sites for hydroxylation is 1. The monoisotopic (exact) mass is 311 g/mol. The van der Waals surface area contributed by atoms with Crippen molar-refractivity contribution in [2.75, 3.05) is 13.7 Å². The second kappa shape index (κ2) is 7.47. The van der Waals surface area contributed by atoms with Crippen LogP contribution in [0.4, 0.5) is 4.79 Å². The van der Waals surface area contributed by atoms with Gasteiger partial charge in [0, 0.05) is 6.54 Å². The number of carbonyl (C=O) groups is 1. The Morgan fingerprint density at radius 3 is 2.45 bits per heavy atom. The van der Waals surface area contributed by atoms with Crippen LogP contribution in [-0.4, -0.2) is 41.7 Å². The maximum Gasteiger partial charge on any atom is 0.407 e. The molecule has 1 amide bonds. The predicted octanol–water partition coefficient (Wildman–Crippen LogP) is 1.92. The first-order chi connectivity index (χ1) is 10.1. The third-order valence-corrected chi connectivity index (χ3v) is 2.98. The molecule has 0 aliphatic carbocycles. The minimum absolute atomic E-state index is 0.110. The number of benzene rings is 1. The molecule has 2 atom stereocenters. The number of aliphatic hydroxyl groups is 2. The lowest BCUT2D eigenvalue weighted by molar-refractivity contribution is 0.0129. The van der Waals surface area contributed by atoms with E-state index in [-0.39, 0.29) is 6.54 Å². The minimum Gasteiger partial charge on any atom is -0.496 e. The molecule has 0 saturated heterocycles. The van der Waals surface area contributed by atoms with E-state index in [1.54, 1.807) is 46.1 Å². The highest BCUT2D eigenvalue weighted by molar-refractivity contribution is 5.67. The number of ether oxygens (including phenoxy) is 2. The summed E-state index contributed by atoms with van der Waals surface area (Å²) < 4.78 is 10.2. The standard InChI is InChI=1S/C16H25NO5/c1-10-8-11(6-7-13(10)21-5)14(19)12(18)9-17-15(20)22-16(2,3)4/h6-8,12,14,18-19H,9H2,1-5H3,(H,17,20). The van der Waals surface area contributed by atoms with Crippen LogP contribution in [0.2, 0.25) is 0 Å². The van der Waals surface area contributed by atoms with Crippen LogP contribution in [0.5, 0.6) is 5.75 Å². The average Bonchev–Trinajstić information content (AvgIpc) is 2.42. The van der Waals surface area contributed by atoms with Crippen LogP contribution >= 0.6 is 0 Å². The molecule has 6 nitrogen and oxygen atoms in total. The summed E-state index contributed by atoms with van der Waals surface area (Å²) in [6.45, 7) is 6.98. The Balaban J connectivity index is 2.60. The number of nitrogens with one attached hydrogen (secondary N) is 1. The minimum atomic E-state index is -1.14. The average molecular weight is 311 g/mol. The molecule has 1 rings (SSSR count). The summed E-state index contributed by atoms with van der Waals surface area (Å²) in [5.41, 5.74) is 0.795. The van der Waals surface area contributed by atoms with Gasteiger partial charge in [0.2, 0.25) is 0 Å². The molecule has 2 unspecified atom stereocenters. The van der Waals surface area contributed by atoms with E-state index in [9.17, 15) is 15.0 Å². The number of hydrogen-bond donors (Lipinski definition) is 3. The van der Waals surface area contributed by atoms with Crippen LogP contribution < -0.4 is 10.1 Å². The van der Waals surface area contributed by atoms with E-state index < -0.39 is 23.9 Å². The summed E-state index contributed by atoms with van der Waals surface area (Å²) in [4.78, 5) is 11.5. The normalized spacial score (nSPS) is 14.1. The van der Waals surface area contributed by atoms with Gasteiger partial charge in [-0.25, -0.2) is 4.79 Å². The van der Waals surface area contributed by atoms with Gasteiger partial charge in [0.25, 0.3) is 0 Å². The molecule has 1 aromatic rings. The number of hydrogen-bond acceptors (Lipinski definition) is 5. The largest absolute Gasteiger partial charge is 0.496 e. The van der Waals surface area contributed by atoms with E-state index in [0.717, 1.165) is 5.56 Å². The number of alkyl carbamates (subject to hydrolysis) is 1. The van der Waals surface area contributed by atoms with Gasteiger partial charge in [0.1, 0.15) is 23.6 Å². The van der Waals surface area contributed by atoms with Crippen LogP contribution in [0.15, 0.2) is 18.2 Å². The van der Waals surface area contributed by atoms with Gasteiger partial charge in [0.15, 0.2) is 0 Å². The number of carbonyl (C=O) groups excluding carboxylic acids is 1. The summed E-state index contributed by atoms with van der Waals surface area (Å²) in [5.74, 6) is 0.706. The van der Waals surface area contributed by atoms with Crippen molar-refractivity contribution in [1.29, 1.82) is 0 Å². The van der Waals surface area contributed by atoms with Crippen LogP contribution in [0, 0.1) is 6.92 Å². The fourth-order valence-corrected chi connectivity index (χ4v) is 1.92. The molecule has 0 saturated carbocycles. The van der Waals surface area contributed by atoms with Gasteiger partial charge in [-0.05, 0) is 51.0 Å². The van der Waals surface area contributed by atoms with Crippen LogP contribution in [0.3, 0.4) is 0 Å². The quantitative estimate of drug-likeness (QED) is 0.773. The van der Waals surface area contributed by atoms with Crippen molar-refractivity contribution in [3.63, 3.8) is 0 Å². The molecule has 3 N–H and O–H groups in total. The number of aliphatic hydroxyl groups excluding tert-OH is 2. The van der Waals surface area contributed by atoms with E-state index >= 15 is 0 Å². The molecule has 0 spiro atoms. The van der Waals surface area contributed by atoms with E-state index in [1.807, 2.05) is 6.92 Å². The van der Waals surface area contributed by atoms with Crippen molar-refractivity contribution >= 4 is 6.09 Å². The molecule has 0 fully saturated rings. The Bertz CT molecular complexity index is 510. The lowest BCUT2D eigenvalue weighted by Gasteiger charge is -2.22. The van der Waals surface area contributed by atoms with Gasteiger partial charge in [0.05, 0.1) is 7.11 Å². The van der Waals surface area contributed by atoms with Crippen LogP contribution in [0.1, 0.15) is 38.0 Å². The molecule has 6 heteroatoms. The summed E-state index contributed by atoms with van der Waals surface area (Å²) in [6.07, 6.45) is -2.88. The van der Waals surface area contributed by atoms with Crippen molar-refractivity contribution < 1.29 is 24.5 Å². The van der Waals surface area contributed by atoms with Crippen molar-refractivity contribution in [3.8, 4) is 5.75 Å². The number of methoxy groups -OCH3 is 1. The highest BCUT2D eigenvalue weighted by Crippen LogP contribution is 2.24. The third-order valence-electron chi connectivity index (χ3n) is 2.98. The highest BCUT2D eigenvalue weighted by Gasteiger charge is 2.22. The van der Waals surface area contributed by atoms with Gasteiger partial charge in [-0.15, -0.1) is 0 Å². The SMILES string of the molecule is COc1ccc(C(O)C(O)CNC(=O)OC(C)(C)C)cc1C. The Morgan fingerprint density at radius 2 is 1.95 bits per heavy atom. The van der Waals surface area contributed by atoms with Crippen molar-refractivity contribution in [1.82, 2.24) is 5.32 Å². The molecule has 0 radical (unpaired) electrons. The van der Waals surface area contributed by atoms with Crippen molar-refractivity contribution in [2.24, 2.45) is 0 Å². The van der Waals surface area contributed by atoms with Gasteiger partial charge in [-0.1, -0.05) is 6.07 Å². The van der Waals surface area contributed by atoms with E-state index in [0.29, 0.717) is 11.3 Å². The lowest BCUT2D eigenvalue weighted by Crippen LogP contribution is -2.38. The first-order valence-corrected chi connectivity index (χ1v) is 7.11. The Kier molecular flexibility index (Phi) is 6.20. The Hall–Kier alpha value is -1.79. The second-order valence-electron chi connectivity index (χ2n) is 6.12. The zero-order valence-corrected chi connectivity index (χ0v) is 13.7. The molecule has 0 aliphatic rings. The molecule has 0 aromatic heterocycles. The van der Waals surface area contributed by atoms with Gasteiger partial charge >= 0.3 is 6.09 Å². The molecule has 0 heterocycles. The number of amides is 1. The third kappa shape index (κ3) is 5.54. The zero-order chi connectivity index (χ0) is 16.9. The summed E-state index contributed by atoms with van der Waals surface area (Å²) in [6, 6.07) is 5.13. The zero-order valence-electron chi connectivity index (χ0n) is 13.7. The first-order valence-electron chi connectivity index (χ1n) is 7.11. The lowest BCUT2D eigenvalue weighted by atomic mass is 10.0. The summed E-state index contributed by atoms with van der Waals surface area (Å²) >= 11 is 0. The van der Waals surface area contributed by atoms with E-state index in [1.165, 1.54) is 0 Å². The maximum absolute atomic E-state index is 11.5. The molecule has 22 heavy (non-hydrogen) atoms. The highest BCUT2D eigenvalue weighted by atomic mass is 16.6. The van der Waals surface area contributed by atoms with Crippen LogP contribution in [0.25, 0.3) is 0 Å². The fourth-order valence-electron chi connectivity index (χ4n) is 1.92. The molecular formula is C16H25NO5. The second-order valence-corrected chi connectivity index (χ2v) is 6.12. The molecule has 124 valence electrons. The van der Waals surface area contributed by atoms with Crippen LogP contribution in [-0.2, 0) is 4.74 Å². The van der Waals surface area contributed by atoms with Crippen molar-refractivity contribution in [3.05, 3.63) is 29.3 Å². The molecule has 0 bridgehead atoms. The van der Waals surface area contributed by atoms with Gasteiger partial charge in [-0.2, -0.15) is 0 Å². The molecule has 1 aromatic carbocycles. The van der Waals surface area contributed by atoms with E-state index in [2.05, 4.69) is 5.32 Å². The number of rotatable bonds is 5. The maximum atomic E-state index is 11.5. The smallest absolute Gasteiger partial charge is 0.407 e. The van der Waals surface area contributed by atoms with Gasteiger partial charge < -0.3 is 25.0 Å². The van der Waals surface area contributed by atoms with E-state index in [4.69, 9.17) is 9.47 Å². The summed E-state index contributed by atoms with van der Waals surface area (Å²) in [7, 11) is 1.57. The van der Waals surface area contributed by atoms with Gasteiger partial charge in [-0.3, -0.25) is 0 Å².